The average molecular weight is 1100 g/mol. The van der Waals surface area contributed by atoms with Gasteiger partial charge in [-0.15, -0.1) is 0 Å². The predicted molar refractivity (Wildman–Crippen MR) is 259 cm³/mol. The van der Waals surface area contributed by atoms with Crippen LogP contribution < -0.4 is 0 Å². The van der Waals surface area contributed by atoms with Crippen LogP contribution in [0.1, 0.15) is 113 Å². The molecule has 9 aliphatic rings. The standard InChI is InChI=1S/C53H90O23/c1-21(9-10-30(49(5,6)68)75-46-41(67)38(64)35(61)27(18-55)73-46)31-23(56)16-51(8)28-15-25(71-45-40(66)37(63)34(60)26(17-54)72-45)43-48(3,4)29(11-12-53(43)20-52(28,53)14-13-50(31,51)7)74-47-42(33(59)24(57)19-69-47)76-44-39(65)36(62)32(58)22(2)70-44/h21-47,54-68H,9-20H2,1-8H3/t21-,22+,23+,24-,25+,26-,27-,28+,29+,30-,31+,32+,33+,34+,35+,36-,37+,38+,39-,40-,41-,42-,43+,44+,45-,46+,47+,50-,51+,52+,53-/m1/s1. The second-order valence-corrected chi connectivity index (χ2v) is 26.3. The van der Waals surface area contributed by atoms with Gasteiger partial charge >= 0.3 is 0 Å². The highest BCUT2D eigenvalue weighted by Gasteiger charge is 2.85. The molecule has 4 saturated heterocycles. The minimum Gasteiger partial charge on any atom is -0.394 e. The maximum absolute atomic E-state index is 12.4. The van der Waals surface area contributed by atoms with Gasteiger partial charge in [-0.3, -0.25) is 0 Å². The summed E-state index contributed by atoms with van der Waals surface area (Å²) in [6, 6.07) is 0. The van der Waals surface area contributed by atoms with Crippen LogP contribution in [0.25, 0.3) is 0 Å². The molecule has 4 aliphatic heterocycles. The molecule has 5 saturated carbocycles. The Labute approximate surface area is 443 Å². The Hall–Kier alpha value is -0.920. The number of aliphatic hydroxyl groups excluding tert-OH is 14. The van der Waals surface area contributed by atoms with E-state index in [0.29, 0.717) is 32.1 Å². The predicted octanol–water partition coefficient (Wildman–Crippen LogP) is -2.76. The number of rotatable bonds is 15. The fourth-order valence-corrected chi connectivity index (χ4v) is 17.2. The third kappa shape index (κ3) is 9.58. The zero-order valence-electron chi connectivity index (χ0n) is 45.0. The number of aliphatic hydroxyl groups is 15. The summed E-state index contributed by atoms with van der Waals surface area (Å²) < 4.78 is 49.6. The van der Waals surface area contributed by atoms with Crippen LogP contribution in [0.4, 0.5) is 0 Å². The third-order valence-electron chi connectivity index (χ3n) is 21.4. The van der Waals surface area contributed by atoms with Gasteiger partial charge in [0.05, 0.1) is 55.9 Å². The molecule has 23 heteroatoms. The normalized spacial score (nSPS) is 54.9. The molecule has 15 N–H and O–H groups in total. The van der Waals surface area contributed by atoms with Crippen LogP contribution in [-0.2, 0) is 37.9 Å². The number of fused-ring (bicyclic) bond motifs is 2. The van der Waals surface area contributed by atoms with Gasteiger partial charge in [0, 0.05) is 0 Å². The average Bonchev–Trinajstić information content (AvgIpc) is 4.01. The lowest BCUT2D eigenvalue weighted by atomic mass is 9.41. The Bertz CT molecular complexity index is 1990. The number of hydrogen-bond donors (Lipinski definition) is 15. The zero-order valence-corrected chi connectivity index (χ0v) is 45.0. The lowest BCUT2D eigenvalue weighted by Gasteiger charge is -2.65. The Balaban J connectivity index is 0.988. The van der Waals surface area contributed by atoms with E-state index in [1.807, 2.05) is 0 Å². The van der Waals surface area contributed by atoms with E-state index in [2.05, 4.69) is 34.6 Å². The highest BCUT2D eigenvalue weighted by Crippen LogP contribution is 2.89. The Morgan fingerprint density at radius 2 is 1.18 bits per heavy atom. The van der Waals surface area contributed by atoms with Gasteiger partial charge in [0.15, 0.2) is 25.2 Å². The maximum atomic E-state index is 12.4. The van der Waals surface area contributed by atoms with Crippen molar-refractivity contribution in [2.45, 2.75) is 260 Å². The molecule has 0 aromatic heterocycles. The quantitative estimate of drug-likeness (QED) is 0.0739. The van der Waals surface area contributed by atoms with Crippen LogP contribution in [0.15, 0.2) is 0 Å². The van der Waals surface area contributed by atoms with Crippen molar-refractivity contribution in [3.05, 3.63) is 0 Å². The molecular formula is C53H90O23. The van der Waals surface area contributed by atoms with Crippen molar-refractivity contribution < 1.29 is 114 Å². The summed E-state index contributed by atoms with van der Waals surface area (Å²) in [5, 5.41) is 163. The molecule has 9 rings (SSSR count). The molecule has 5 aliphatic carbocycles. The van der Waals surface area contributed by atoms with Gasteiger partial charge in [-0.25, -0.2) is 0 Å². The molecule has 440 valence electrons. The number of ether oxygens (including phenoxy) is 8. The molecule has 31 atom stereocenters. The van der Waals surface area contributed by atoms with Crippen molar-refractivity contribution in [2.24, 2.45) is 50.7 Å². The first-order chi connectivity index (χ1) is 35.4. The summed E-state index contributed by atoms with van der Waals surface area (Å²) in [6.07, 6.45) is -26.0. The van der Waals surface area contributed by atoms with Crippen LogP contribution in [0, 0.1) is 50.7 Å². The first-order valence-electron chi connectivity index (χ1n) is 27.7. The van der Waals surface area contributed by atoms with Crippen LogP contribution in [0.2, 0.25) is 0 Å². The van der Waals surface area contributed by atoms with Gasteiger partial charge in [-0.2, -0.15) is 0 Å². The molecule has 76 heavy (non-hydrogen) atoms. The van der Waals surface area contributed by atoms with Crippen molar-refractivity contribution in [1.82, 2.24) is 0 Å². The third-order valence-corrected chi connectivity index (χ3v) is 21.4. The highest BCUT2D eigenvalue weighted by atomic mass is 16.8. The van der Waals surface area contributed by atoms with Crippen LogP contribution in [0.3, 0.4) is 0 Å². The van der Waals surface area contributed by atoms with Crippen molar-refractivity contribution in [3.63, 3.8) is 0 Å². The summed E-state index contributed by atoms with van der Waals surface area (Å²) in [4.78, 5) is 0. The van der Waals surface area contributed by atoms with E-state index in [9.17, 15) is 76.6 Å². The molecule has 0 unspecified atom stereocenters. The highest BCUT2D eigenvalue weighted by molar-refractivity contribution is 5.33. The largest absolute Gasteiger partial charge is 0.394 e. The molecule has 23 nitrogen and oxygen atoms in total. The smallest absolute Gasteiger partial charge is 0.187 e. The van der Waals surface area contributed by atoms with Gasteiger partial charge in [-0.1, -0.05) is 34.6 Å². The first-order valence-corrected chi connectivity index (χ1v) is 27.7. The van der Waals surface area contributed by atoms with Crippen LogP contribution in [0.5, 0.6) is 0 Å². The molecular weight excluding hydrogens is 1000 g/mol. The van der Waals surface area contributed by atoms with Crippen molar-refractivity contribution in [2.75, 3.05) is 19.8 Å². The van der Waals surface area contributed by atoms with E-state index in [0.717, 1.165) is 19.3 Å². The minimum atomic E-state index is -1.72. The summed E-state index contributed by atoms with van der Waals surface area (Å²) in [5.41, 5.74) is -3.77. The molecule has 0 aromatic carbocycles. The molecule has 2 spiro atoms. The van der Waals surface area contributed by atoms with Gasteiger partial charge in [0.1, 0.15) is 85.5 Å². The molecule has 0 radical (unpaired) electrons. The molecule has 0 aromatic rings. The Morgan fingerprint density at radius 1 is 0.605 bits per heavy atom. The summed E-state index contributed by atoms with van der Waals surface area (Å²) in [6.45, 7) is 13.7. The van der Waals surface area contributed by atoms with E-state index in [4.69, 9.17) is 37.9 Å². The molecule has 0 bridgehead atoms. The van der Waals surface area contributed by atoms with Crippen LogP contribution in [-0.4, -0.2) is 243 Å². The van der Waals surface area contributed by atoms with Crippen molar-refractivity contribution in [1.29, 1.82) is 0 Å². The lowest BCUT2D eigenvalue weighted by molar-refractivity contribution is -0.366. The van der Waals surface area contributed by atoms with E-state index in [1.54, 1.807) is 13.8 Å². The Kier molecular flexibility index (Phi) is 16.8. The topological polar surface area (TPSA) is 377 Å². The summed E-state index contributed by atoms with van der Waals surface area (Å²) >= 11 is 0. The van der Waals surface area contributed by atoms with Crippen molar-refractivity contribution >= 4 is 0 Å². The monoisotopic (exact) mass is 1090 g/mol. The second-order valence-electron chi connectivity index (χ2n) is 26.3. The maximum Gasteiger partial charge on any atom is 0.187 e. The van der Waals surface area contributed by atoms with Gasteiger partial charge in [0.25, 0.3) is 0 Å². The summed E-state index contributed by atoms with van der Waals surface area (Å²) in [5.74, 6) is -0.714. The van der Waals surface area contributed by atoms with Crippen LogP contribution >= 0.6 is 0 Å². The van der Waals surface area contributed by atoms with E-state index >= 15 is 0 Å². The molecule has 4 heterocycles. The van der Waals surface area contributed by atoms with Crippen molar-refractivity contribution in [3.8, 4) is 0 Å². The van der Waals surface area contributed by atoms with Gasteiger partial charge < -0.3 is 114 Å². The SMILES string of the molecule is C[C@H](CC[C@@H](O[C@@H]1O[C@H](CO)[C@H](O)[C@H](O)[C@H]1O)C(C)(C)O)[C@H]1[C@@H](O)C[C@@]2(C)[C@@H]3C[C@H](O[C@@H]4O[C@H](CO)[C@H](O)[C@H](O)[C@H]4O)[C@H]4C(C)(C)[C@@H](O[C@@H]5OC[C@@H](O)[C@H](O)[C@H]5O[C@@H]5O[C@@H](C)[C@H](O)[C@@H](O)[C@H]5O)CC[C@@]45C[C@@]35CC[C@]12C. The van der Waals surface area contributed by atoms with Gasteiger partial charge in [0.2, 0.25) is 0 Å². The zero-order chi connectivity index (χ0) is 55.7. The summed E-state index contributed by atoms with van der Waals surface area (Å²) in [7, 11) is 0. The van der Waals surface area contributed by atoms with Gasteiger partial charge in [-0.05, 0) is 129 Å². The lowest BCUT2D eigenvalue weighted by Crippen LogP contribution is -2.65. The minimum absolute atomic E-state index is 0.0436. The second kappa shape index (κ2) is 21.4. The molecule has 9 fully saturated rings. The Morgan fingerprint density at radius 3 is 1.79 bits per heavy atom. The van der Waals surface area contributed by atoms with E-state index < -0.39 is 176 Å². The fraction of sp³-hybridized carbons (Fsp3) is 1.00. The molecule has 0 amide bonds. The fourth-order valence-electron chi connectivity index (χ4n) is 17.2. The van der Waals surface area contributed by atoms with E-state index in [1.165, 1.54) is 6.92 Å². The first kappa shape index (κ1) is 59.7. The number of hydrogen-bond acceptors (Lipinski definition) is 23. The van der Waals surface area contributed by atoms with E-state index in [-0.39, 0.29) is 47.5 Å².